The number of hydrogen-bond acceptors (Lipinski definition) is 6. The van der Waals surface area contributed by atoms with Crippen molar-refractivity contribution >= 4 is 33.4 Å². The zero-order chi connectivity index (χ0) is 11.9. The Bertz CT molecular complexity index is 511. The second kappa shape index (κ2) is 3.77. The summed E-state index contributed by atoms with van der Waals surface area (Å²) in [6.45, 7) is 6.18. The lowest BCUT2D eigenvalue weighted by atomic mass is 9.96. The predicted octanol–water partition coefficient (Wildman–Crippen LogP) is 1.76. The van der Waals surface area contributed by atoms with Crippen LogP contribution in [0, 0.1) is 0 Å². The van der Waals surface area contributed by atoms with Gasteiger partial charge in [0.25, 0.3) is 0 Å². The van der Waals surface area contributed by atoms with Crippen LogP contribution in [0.25, 0.3) is 5.13 Å². The van der Waals surface area contributed by atoms with E-state index in [9.17, 15) is 0 Å². The summed E-state index contributed by atoms with van der Waals surface area (Å²) < 4.78 is 6.35. The minimum atomic E-state index is -0.0760. The Morgan fingerprint density at radius 1 is 1.31 bits per heavy atom. The van der Waals surface area contributed by atoms with E-state index in [0.29, 0.717) is 9.87 Å². The van der Waals surface area contributed by atoms with Crippen LogP contribution in [0.1, 0.15) is 26.6 Å². The molecule has 16 heavy (non-hydrogen) atoms. The van der Waals surface area contributed by atoms with Crippen molar-refractivity contribution in [2.75, 3.05) is 5.73 Å². The van der Waals surface area contributed by atoms with Crippen LogP contribution in [-0.4, -0.2) is 24.1 Å². The molecule has 2 rings (SSSR count). The molecule has 0 fully saturated rings. The van der Waals surface area contributed by atoms with Gasteiger partial charge in [-0.25, -0.2) is 4.98 Å². The highest BCUT2D eigenvalue weighted by molar-refractivity contribution is 9.10. The molecule has 6 nitrogen and oxygen atoms in total. The van der Waals surface area contributed by atoms with Crippen LogP contribution in [0.2, 0.25) is 0 Å². The number of nitrogens with two attached hydrogens (primary N) is 1. The standard InChI is InChI=1S/C8H11BrN6S/c1-8(2,3)4-11-7(16-14-4)15-5(9)12-6(10)13-15/h1-3H3,(H2,10,13). The second-order valence-electron chi connectivity index (χ2n) is 4.30. The molecular formula is C8H11BrN6S. The molecule has 2 aromatic heterocycles. The maximum Gasteiger partial charge on any atom is 0.241 e. The van der Waals surface area contributed by atoms with Gasteiger partial charge in [0.05, 0.1) is 0 Å². The van der Waals surface area contributed by atoms with Gasteiger partial charge in [-0.3, -0.25) is 0 Å². The molecule has 0 aliphatic carbocycles. The number of hydrogen-bond donors (Lipinski definition) is 1. The van der Waals surface area contributed by atoms with Gasteiger partial charge < -0.3 is 5.73 Å². The van der Waals surface area contributed by atoms with Crippen molar-refractivity contribution in [2.24, 2.45) is 0 Å². The first-order valence-corrected chi connectivity index (χ1v) is 6.17. The quantitative estimate of drug-likeness (QED) is 0.868. The van der Waals surface area contributed by atoms with Crippen LogP contribution >= 0.6 is 27.5 Å². The van der Waals surface area contributed by atoms with Crippen molar-refractivity contribution in [3.05, 3.63) is 10.6 Å². The lowest BCUT2D eigenvalue weighted by Crippen LogP contribution is -2.13. The first-order chi connectivity index (χ1) is 7.38. The van der Waals surface area contributed by atoms with E-state index in [1.807, 2.05) is 0 Å². The van der Waals surface area contributed by atoms with E-state index >= 15 is 0 Å². The van der Waals surface area contributed by atoms with Gasteiger partial charge >= 0.3 is 0 Å². The highest BCUT2D eigenvalue weighted by Crippen LogP contribution is 2.23. The molecule has 2 N–H and O–H groups in total. The normalized spacial score (nSPS) is 12.0. The average molecular weight is 303 g/mol. The minimum absolute atomic E-state index is 0.0760. The van der Waals surface area contributed by atoms with Crippen LogP contribution in [-0.2, 0) is 5.41 Å². The summed E-state index contributed by atoms with van der Waals surface area (Å²) in [5.74, 6) is 0.993. The van der Waals surface area contributed by atoms with Gasteiger partial charge in [0.1, 0.15) is 5.82 Å². The summed E-state index contributed by atoms with van der Waals surface area (Å²) in [4.78, 5) is 8.35. The molecule has 0 radical (unpaired) electrons. The molecule has 8 heteroatoms. The van der Waals surface area contributed by atoms with E-state index in [1.165, 1.54) is 16.2 Å². The summed E-state index contributed by atoms with van der Waals surface area (Å²) in [7, 11) is 0. The molecule has 0 aliphatic heterocycles. The zero-order valence-electron chi connectivity index (χ0n) is 9.10. The van der Waals surface area contributed by atoms with Gasteiger partial charge in [-0.2, -0.15) is 14.0 Å². The first kappa shape index (κ1) is 11.5. The summed E-state index contributed by atoms with van der Waals surface area (Å²) in [5, 5.41) is 4.67. The average Bonchev–Trinajstić information content (AvgIpc) is 2.70. The summed E-state index contributed by atoms with van der Waals surface area (Å²) >= 11 is 4.53. The molecule has 0 spiro atoms. The number of anilines is 1. The van der Waals surface area contributed by atoms with Gasteiger partial charge in [-0.15, -0.1) is 5.10 Å². The minimum Gasteiger partial charge on any atom is -0.366 e. The fraction of sp³-hybridized carbons (Fsp3) is 0.500. The fourth-order valence-electron chi connectivity index (χ4n) is 1.04. The van der Waals surface area contributed by atoms with Gasteiger partial charge in [-0.05, 0) is 15.9 Å². The van der Waals surface area contributed by atoms with Crippen molar-refractivity contribution in [1.82, 2.24) is 24.1 Å². The largest absolute Gasteiger partial charge is 0.366 e. The molecule has 0 saturated heterocycles. The molecule has 2 heterocycles. The Hall–Kier alpha value is -1.02. The number of nitrogen functional groups attached to an aromatic ring is 1. The van der Waals surface area contributed by atoms with Crippen molar-refractivity contribution in [1.29, 1.82) is 0 Å². The third kappa shape index (κ3) is 2.07. The number of aromatic nitrogens is 5. The fourth-order valence-corrected chi connectivity index (χ4v) is 2.40. The number of nitrogens with zero attached hydrogens (tertiary/aromatic N) is 5. The van der Waals surface area contributed by atoms with Gasteiger partial charge in [0.2, 0.25) is 15.8 Å². The van der Waals surface area contributed by atoms with E-state index in [-0.39, 0.29) is 11.4 Å². The maximum absolute atomic E-state index is 5.49. The molecule has 2 aromatic rings. The van der Waals surface area contributed by atoms with E-state index in [2.05, 4.69) is 56.1 Å². The third-order valence-electron chi connectivity index (χ3n) is 1.85. The van der Waals surface area contributed by atoms with Gasteiger partial charge in [-0.1, -0.05) is 20.8 Å². The van der Waals surface area contributed by atoms with Crippen molar-refractivity contribution in [3.8, 4) is 5.13 Å². The van der Waals surface area contributed by atoms with Crippen LogP contribution < -0.4 is 5.73 Å². The molecule has 0 aliphatic rings. The Balaban J connectivity index is 2.43. The molecular weight excluding hydrogens is 292 g/mol. The SMILES string of the molecule is CC(C)(C)c1nsc(-n2nc(N)nc2Br)n1. The van der Waals surface area contributed by atoms with Gasteiger partial charge in [0, 0.05) is 16.9 Å². The Morgan fingerprint density at radius 3 is 2.44 bits per heavy atom. The molecule has 0 aromatic carbocycles. The molecule has 0 bridgehead atoms. The molecule has 0 amide bonds. The monoisotopic (exact) mass is 302 g/mol. The number of halogens is 1. The first-order valence-electron chi connectivity index (χ1n) is 4.60. The summed E-state index contributed by atoms with van der Waals surface area (Å²) in [6, 6.07) is 0. The summed E-state index contributed by atoms with van der Waals surface area (Å²) in [5.41, 5.74) is 5.42. The zero-order valence-corrected chi connectivity index (χ0v) is 11.5. The van der Waals surface area contributed by atoms with Gasteiger partial charge in [0.15, 0.2) is 0 Å². The Kier molecular flexibility index (Phi) is 2.70. The van der Waals surface area contributed by atoms with E-state index < -0.39 is 0 Å². The van der Waals surface area contributed by atoms with E-state index in [0.717, 1.165) is 5.82 Å². The lowest BCUT2D eigenvalue weighted by molar-refractivity contribution is 0.553. The third-order valence-corrected chi connectivity index (χ3v) is 3.06. The Morgan fingerprint density at radius 2 is 2.00 bits per heavy atom. The van der Waals surface area contributed by atoms with Crippen molar-refractivity contribution in [3.63, 3.8) is 0 Å². The molecule has 0 unspecified atom stereocenters. The van der Waals surface area contributed by atoms with Crippen LogP contribution in [0.4, 0.5) is 5.95 Å². The Labute approximate surface area is 105 Å². The van der Waals surface area contributed by atoms with Crippen LogP contribution in [0.3, 0.4) is 0 Å². The smallest absolute Gasteiger partial charge is 0.241 e. The van der Waals surface area contributed by atoms with Crippen molar-refractivity contribution in [2.45, 2.75) is 26.2 Å². The predicted molar refractivity (Wildman–Crippen MR) is 65.6 cm³/mol. The highest BCUT2D eigenvalue weighted by Gasteiger charge is 2.21. The summed E-state index contributed by atoms with van der Waals surface area (Å²) in [6.07, 6.45) is 0. The number of rotatable bonds is 1. The van der Waals surface area contributed by atoms with E-state index in [4.69, 9.17) is 5.73 Å². The topological polar surface area (TPSA) is 82.5 Å². The highest BCUT2D eigenvalue weighted by atomic mass is 79.9. The van der Waals surface area contributed by atoms with E-state index in [1.54, 1.807) is 0 Å². The van der Waals surface area contributed by atoms with Crippen LogP contribution in [0.15, 0.2) is 4.73 Å². The van der Waals surface area contributed by atoms with Crippen molar-refractivity contribution < 1.29 is 0 Å². The molecule has 86 valence electrons. The second-order valence-corrected chi connectivity index (χ2v) is 5.74. The molecule has 0 saturated carbocycles. The van der Waals surface area contributed by atoms with Crippen LogP contribution in [0.5, 0.6) is 0 Å². The lowest BCUT2D eigenvalue weighted by Gasteiger charge is -2.11. The molecule has 0 atom stereocenters. The maximum atomic E-state index is 5.49.